The van der Waals surface area contributed by atoms with Crippen molar-refractivity contribution in [2.24, 2.45) is 5.73 Å². The van der Waals surface area contributed by atoms with Gasteiger partial charge in [-0.15, -0.1) is 0 Å². The SMILES string of the molecule is COc1nccnc1C(N)c1ccccc1I. The number of benzene rings is 1. The van der Waals surface area contributed by atoms with Crippen LogP contribution < -0.4 is 10.5 Å². The molecular weight excluding hydrogens is 329 g/mol. The first-order chi connectivity index (χ1) is 8.24. The lowest BCUT2D eigenvalue weighted by Gasteiger charge is -2.15. The van der Waals surface area contributed by atoms with Gasteiger partial charge in [-0.1, -0.05) is 18.2 Å². The Hall–Kier alpha value is -1.21. The fraction of sp³-hybridized carbons (Fsp3) is 0.167. The molecule has 0 aliphatic rings. The van der Waals surface area contributed by atoms with Crippen molar-refractivity contribution in [3.63, 3.8) is 0 Å². The summed E-state index contributed by atoms with van der Waals surface area (Å²) in [6.07, 6.45) is 3.21. The second kappa shape index (κ2) is 5.42. The average Bonchev–Trinajstić information content (AvgIpc) is 2.38. The van der Waals surface area contributed by atoms with E-state index in [2.05, 4.69) is 32.6 Å². The zero-order valence-corrected chi connectivity index (χ0v) is 11.5. The first-order valence-corrected chi connectivity index (χ1v) is 6.17. The minimum absolute atomic E-state index is 0.327. The van der Waals surface area contributed by atoms with Crippen molar-refractivity contribution in [1.29, 1.82) is 0 Å². The van der Waals surface area contributed by atoms with Crippen LogP contribution in [0.3, 0.4) is 0 Å². The number of nitrogens with two attached hydrogens (primary N) is 1. The van der Waals surface area contributed by atoms with Gasteiger partial charge < -0.3 is 10.5 Å². The van der Waals surface area contributed by atoms with Gasteiger partial charge in [-0.05, 0) is 34.2 Å². The Morgan fingerprint density at radius 2 is 1.94 bits per heavy atom. The first kappa shape index (κ1) is 12.3. The fourth-order valence-electron chi connectivity index (χ4n) is 1.58. The standard InChI is InChI=1S/C12H12IN3O/c1-17-12-11(15-6-7-16-12)10(14)8-4-2-3-5-9(8)13/h2-7,10H,14H2,1H3. The van der Waals surface area contributed by atoms with Crippen LogP contribution in [0.15, 0.2) is 36.7 Å². The Morgan fingerprint density at radius 1 is 1.24 bits per heavy atom. The van der Waals surface area contributed by atoms with E-state index in [1.54, 1.807) is 19.5 Å². The molecule has 0 fully saturated rings. The summed E-state index contributed by atoms with van der Waals surface area (Å²) in [7, 11) is 1.57. The molecule has 4 nitrogen and oxygen atoms in total. The summed E-state index contributed by atoms with van der Waals surface area (Å²) in [6.45, 7) is 0. The Kier molecular flexibility index (Phi) is 3.90. The normalized spacial score (nSPS) is 12.2. The maximum absolute atomic E-state index is 6.21. The highest BCUT2D eigenvalue weighted by Crippen LogP contribution is 2.26. The Labute approximate surface area is 113 Å². The smallest absolute Gasteiger partial charge is 0.237 e. The van der Waals surface area contributed by atoms with Crippen molar-refractivity contribution in [1.82, 2.24) is 9.97 Å². The summed E-state index contributed by atoms with van der Waals surface area (Å²) in [4.78, 5) is 8.36. The molecule has 0 radical (unpaired) electrons. The van der Waals surface area contributed by atoms with Crippen LogP contribution in [-0.4, -0.2) is 17.1 Å². The van der Waals surface area contributed by atoms with E-state index in [1.165, 1.54) is 0 Å². The zero-order chi connectivity index (χ0) is 12.3. The number of hydrogen-bond acceptors (Lipinski definition) is 4. The van der Waals surface area contributed by atoms with Crippen LogP contribution >= 0.6 is 22.6 Å². The predicted molar refractivity (Wildman–Crippen MR) is 73.8 cm³/mol. The molecule has 1 aromatic carbocycles. The molecule has 5 heteroatoms. The molecule has 0 bridgehead atoms. The van der Waals surface area contributed by atoms with Crippen molar-refractivity contribution in [2.45, 2.75) is 6.04 Å². The van der Waals surface area contributed by atoms with Gasteiger partial charge in [0.2, 0.25) is 5.88 Å². The lowest BCUT2D eigenvalue weighted by Crippen LogP contribution is -2.16. The van der Waals surface area contributed by atoms with Crippen molar-refractivity contribution >= 4 is 22.6 Å². The van der Waals surface area contributed by atoms with Gasteiger partial charge in [-0.2, -0.15) is 0 Å². The number of hydrogen-bond donors (Lipinski definition) is 1. The molecular formula is C12H12IN3O. The lowest BCUT2D eigenvalue weighted by atomic mass is 10.1. The topological polar surface area (TPSA) is 61.0 Å². The minimum atomic E-state index is -0.327. The Bertz CT molecular complexity index is 519. The predicted octanol–water partition coefficient (Wildman–Crippen LogP) is 2.14. The molecule has 0 spiro atoms. The van der Waals surface area contributed by atoms with Crippen LogP contribution in [0.1, 0.15) is 17.3 Å². The molecule has 88 valence electrons. The Balaban J connectivity index is 2.44. The molecule has 0 aliphatic heterocycles. The van der Waals surface area contributed by atoms with Crippen molar-refractivity contribution in [2.75, 3.05) is 7.11 Å². The number of halogens is 1. The molecule has 0 aliphatic carbocycles. The summed E-state index contributed by atoms with van der Waals surface area (Å²) in [5, 5.41) is 0. The van der Waals surface area contributed by atoms with Gasteiger partial charge in [-0.3, -0.25) is 4.98 Å². The molecule has 1 heterocycles. The van der Waals surface area contributed by atoms with Crippen molar-refractivity contribution in [3.8, 4) is 5.88 Å². The van der Waals surface area contributed by atoms with Gasteiger partial charge in [0, 0.05) is 16.0 Å². The molecule has 1 unspecified atom stereocenters. The van der Waals surface area contributed by atoms with Crippen LogP contribution in [0.2, 0.25) is 0 Å². The second-order valence-electron chi connectivity index (χ2n) is 3.45. The van der Waals surface area contributed by atoms with E-state index in [1.807, 2.05) is 24.3 Å². The number of rotatable bonds is 3. The molecule has 2 aromatic rings. The van der Waals surface area contributed by atoms with Gasteiger partial charge in [-0.25, -0.2) is 4.98 Å². The highest BCUT2D eigenvalue weighted by molar-refractivity contribution is 14.1. The second-order valence-corrected chi connectivity index (χ2v) is 4.61. The van der Waals surface area contributed by atoms with E-state index >= 15 is 0 Å². The van der Waals surface area contributed by atoms with Gasteiger partial charge in [0.15, 0.2) is 0 Å². The third kappa shape index (κ3) is 2.55. The van der Waals surface area contributed by atoms with E-state index in [9.17, 15) is 0 Å². The molecule has 17 heavy (non-hydrogen) atoms. The number of methoxy groups -OCH3 is 1. The highest BCUT2D eigenvalue weighted by atomic mass is 127. The monoisotopic (exact) mass is 341 g/mol. The maximum Gasteiger partial charge on any atom is 0.237 e. The van der Waals surface area contributed by atoms with Crippen LogP contribution in [0.5, 0.6) is 5.88 Å². The molecule has 0 saturated heterocycles. The summed E-state index contributed by atoms with van der Waals surface area (Å²) in [5.41, 5.74) is 7.88. The average molecular weight is 341 g/mol. The fourth-order valence-corrected chi connectivity index (χ4v) is 2.30. The lowest BCUT2D eigenvalue weighted by molar-refractivity contribution is 0.387. The molecule has 1 atom stereocenters. The van der Waals surface area contributed by atoms with Crippen LogP contribution in [0, 0.1) is 3.57 Å². The maximum atomic E-state index is 6.21. The molecule has 2 N–H and O–H groups in total. The highest BCUT2D eigenvalue weighted by Gasteiger charge is 2.18. The summed E-state index contributed by atoms with van der Waals surface area (Å²) < 4.78 is 6.27. The van der Waals surface area contributed by atoms with E-state index < -0.39 is 0 Å². The molecule has 0 amide bonds. The van der Waals surface area contributed by atoms with Crippen LogP contribution in [0.25, 0.3) is 0 Å². The first-order valence-electron chi connectivity index (χ1n) is 5.09. The number of nitrogens with zero attached hydrogens (tertiary/aromatic N) is 2. The number of aromatic nitrogens is 2. The van der Waals surface area contributed by atoms with E-state index in [0.29, 0.717) is 11.6 Å². The molecule has 1 aromatic heterocycles. The number of ether oxygens (including phenoxy) is 1. The van der Waals surface area contributed by atoms with Gasteiger partial charge >= 0.3 is 0 Å². The van der Waals surface area contributed by atoms with Crippen molar-refractivity contribution < 1.29 is 4.74 Å². The third-order valence-electron chi connectivity index (χ3n) is 2.42. The largest absolute Gasteiger partial charge is 0.480 e. The van der Waals surface area contributed by atoms with E-state index in [4.69, 9.17) is 10.5 Å². The third-order valence-corrected chi connectivity index (χ3v) is 3.40. The van der Waals surface area contributed by atoms with Gasteiger partial charge in [0.1, 0.15) is 5.69 Å². The minimum Gasteiger partial charge on any atom is -0.480 e. The van der Waals surface area contributed by atoms with Crippen LogP contribution in [0.4, 0.5) is 0 Å². The van der Waals surface area contributed by atoms with Crippen LogP contribution in [-0.2, 0) is 0 Å². The van der Waals surface area contributed by atoms with E-state index in [0.717, 1.165) is 9.13 Å². The summed E-state index contributed by atoms with van der Waals surface area (Å²) in [5.74, 6) is 0.472. The summed E-state index contributed by atoms with van der Waals surface area (Å²) >= 11 is 2.26. The quantitative estimate of drug-likeness (QED) is 0.869. The van der Waals surface area contributed by atoms with E-state index in [-0.39, 0.29) is 6.04 Å². The molecule has 0 saturated carbocycles. The summed E-state index contributed by atoms with van der Waals surface area (Å²) in [6, 6.07) is 7.61. The van der Waals surface area contributed by atoms with Gasteiger partial charge in [0.25, 0.3) is 0 Å². The van der Waals surface area contributed by atoms with Gasteiger partial charge in [0.05, 0.1) is 13.2 Å². The van der Waals surface area contributed by atoms with Crippen molar-refractivity contribution in [3.05, 3.63) is 51.5 Å². The zero-order valence-electron chi connectivity index (χ0n) is 9.30. The molecule has 2 rings (SSSR count). The Morgan fingerprint density at radius 3 is 2.65 bits per heavy atom.